The largest absolute Gasteiger partial charge is 1.00 e. The molecule has 0 heterocycles. The molecule has 0 atom stereocenters. The maximum atomic E-state index is 8.88. The third-order valence-electron chi connectivity index (χ3n) is 0. The molecule has 0 spiro atoms. The van der Waals surface area contributed by atoms with Gasteiger partial charge in [-0.1, -0.05) is 0 Å². The van der Waals surface area contributed by atoms with E-state index in [1.165, 1.54) is 0 Å². The van der Waals surface area contributed by atoms with Crippen LogP contribution in [-0.2, 0) is 4.57 Å². The summed E-state index contributed by atoms with van der Waals surface area (Å²) in [5.74, 6) is 0. The van der Waals surface area contributed by atoms with Gasteiger partial charge in [0.1, 0.15) is 0 Å². The van der Waals surface area contributed by atoms with Crippen LogP contribution in [0.5, 0.6) is 0 Å². The summed E-state index contributed by atoms with van der Waals surface area (Å²) in [6, 6.07) is 0. The Morgan fingerprint density at radius 1 is 1.12 bits per heavy atom. The Morgan fingerprint density at radius 2 is 1.12 bits per heavy atom. The van der Waals surface area contributed by atoms with Crippen molar-refractivity contribution >= 4 is 7.82 Å². The second-order valence-electron chi connectivity index (χ2n) is 0.513. The summed E-state index contributed by atoms with van der Waals surface area (Å²) >= 11 is 0. The predicted octanol–water partition coefficient (Wildman–Crippen LogP) is -5.46. The number of hydrogen-bond donors (Lipinski definition) is 3. The van der Waals surface area contributed by atoms with Gasteiger partial charge in [0.15, 0.2) is 0 Å². The van der Waals surface area contributed by atoms with Gasteiger partial charge in [0.05, 0.1) is 0 Å². The number of rotatable bonds is 0. The third-order valence-corrected chi connectivity index (χ3v) is 0. The first-order valence-electron chi connectivity index (χ1n) is 0.783. The molecule has 0 aromatic rings. The molecule has 0 fully saturated rings. The maximum Gasteiger partial charge on any atom is 1.00 e. The fraction of sp³-hybridized carbons (Fsp3) is 0. The van der Waals surface area contributed by atoms with Crippen LogP contribution in [0.1, 0.15) is 1.43 Å². The van der Waals surface area contributed by atoms with Crippen LogP contribution in [0.15, 0.2) is 0 Å². The zero-order chi connectivity index (χ0) is 4.50. The molecule has 50 valence electrons. The Kier molecular flexibility index (Phi) is 23.1. The zero-order valence-corrected chi connectivity index (χ0v) is 7.09. The maximum absolute atomic E-state index is 8.88. The monoisotopic (exact) mass is 158 g/mol. The van der Waals surface area contributed by atoms with Crippen LogP contribution < -0.4 is 29.6 Å². The van der Waals surface area contributed by atoms with Gasteiger partial charge in [-0.15, -0.1) is 0 Å². The minimum Gasteiger partial charge on any atom is -1.00 e. The molecule has 0 radical (unpaired) electrons. The van der Waals surface area contributed by atoms with E-state index < -0.39 is 7.82 Å². The molecule has 0 bridgehead atoms. The van der Waals surface area contributed by atoms with Crippen molar-refractivity contribution in [2.24, 2.45) is 0 Å². The van der Waals surface area contributed by atoms with Crippen LogP contribution >= 0.6 is 7.82 Å². The number of hydrogen-bond acceptors (Lipinski definition) is 1. The van der Waals surface area contributed by atoms with Crippen molar-refractivity contribution in [3.8, 4) is 0 Å². The summed E-state index contributed by atoms with van der Waals surface area (Å²) in [5, 5.41) is 0. The molecule has 0 aliphatic rings. The van der Waals surface area contributed by atoms with Crippen LogP contribution in [0.25, 0.3) is 0 Å². The normalized spacial score (nSPS) is 7.38. The summed E-state index contributed by atoms with van der Waals surface area (Å²) in [5.41, 5.74) is 0. The van der Waals surface area contributed by atoms with Gasteiger partial charge < -0.3 is 27.1 Å². The molecular formula is H8NaO6P. The van der Waals surface area contributed by atoms with Gasteiger partial charge in [0.2, 0.25) is 0 Å². The average Bonchev–Trinajstić information content (AvgIpc) is 0.722. The summed E-state index contributed by atoms with van der Waals surface area (Å²) < 4.78 is 8.88. The molecule has 0 amide bonds. The van der Waals surface area contributed by atoms with Gasteiger partial charge in [0, 0.05) is 0 Å². The van der Waals surface area contributed by atoms with Crippen LogP contribution in [0.4, 0.5) is 0 Å². The van der Waals surface area contributed by atoms with E-state index in [2.05, 4.69) is 0 Å². The topological polar surface area (TPSA) is 141 Å². The van der Waals surface area contributed by atoms with Crippen molar-refractivity contribution in [2.45, 2.75) is 0 Å². The summed E-state index contributed by atoms with van der Waals surface area (Å²) in [6.07, 6.45) is 0. The molecule has 0 rings (SSSR count). The quantitative estimate of drug-likeness (QED) is 0.239. The Balaban J connectivity index is -0.0000000133. The van der Waals surface area contributed by atoms with Crippen molar-refractivity contribution in [3.05, 3.63) is 0 Å². The summed E-state index contributed by atoms with van der Waals surface area (Å²) in [4.78, 5) is 21.6. The van der Waals surface area contributed by atoms with Crippen LogP contribution in [0, 0.1) is 0 Å². The molecule has 0 aliphatic carbocycles. The minimum atomic E-state index is -4.64. The van der Waals surface area contributed by atoms with Crippen molar-refractivity contribution in [3.63, 3.8) is 0 Å². The fourth-order valence-corrected chi connectivity index (χ4v) is 0. The molecule has 7 N–H and O–H groups in total. The van der Waals surface area contributed by atoms with E-state index in [4.69, 9.17) is 19.2 Å². The molecule has 8 heavy (non-hydrogen) atoms. The molecule has 0 saturated carbocycles. The molecule has 0 aromatic carbocycles. The fourth-order valence-electron chi connectivity index (χ4n) is 0. The molecule has 0 aliphatic heterocycles. The molecular weight excluding hydrogens is 150 g/mol. The van der Waals surface area contributed by atoms with Crippen molar-refractivity contribution in [2.75, 3.05) is 0 Å². The van der Waals surface area contributed by atoms with E-state index in [-0.39, 0.29) is 41.9 Å². The third kappa shape index (κ3) is 241. The van der Waals surface area contributed by atoms with Crippen LogP contribution in [0.3, 0.4) is 0 Å². The van der Waals surface area contributed by atoms with Gasteiger partial charge in [-0.3, -0.25) is 0 Å². The van der Waals surface area contributed by atoms with Gasteiger partial charge in [-0.25, -0.2) is 4.57 Å². The van der Waals surface area contributed by atoms with Crippen molar-refractivity contribution in [1.29, 1.82) is 0 Å². The average molecular weight is 158 g/mol. The standard InChI is InChI=1S/Na.H3O4P.2H2O.H/c;1-5(2,3)4;;;/h;(H3,1,2,3,4);2*1H2;/q+1;;;;-1. The molecule has 0 unspecified atom stereocenters. The van der Waals surface area contributed by atoms with Crippen molar-refractivity contribution in [1.82, 2.24) is 0 Å². The summed E-state index contributed by atoms with van der Waals surface area (Å²) in [6.45, 7) is 0. The Labute approximate surface area is 69.2 Å². The second-order valence-corrected chi connectivity index (χ2v) is 1.54. The van der Waals surface area contributed by atoms with E-state index in [1.54, 1.807) is 0 Å². The summed E-state index contributed by atoms with van der Waals surface area (Å²) in [7, 11) is -4.64. The predicted molar refractivity (Wildman–Crippen MR) is 22.6 cm³/mol. The Bertz CT molecular complexity index is 59.2. The van der Waals surface area contributed by atoms with Crippen molar-refractivity contribution < 1.29 is 61.2 Å². The first kappa shape index (κ1) is 23.0. The van der Waals surface area contributed by atoms with E-state index in [9.17, 15) is 0 Å². The van der Waals surface area contributed by atoms with E-state index in [1.807, 2.05) is 0 Å². The van der Waals surface area contributed by atoms with E-state index in [0.29, 0.717) is 0 Å². The minimum absolute atomic E-state index is 0. The molecule has 6 nitrogen and oxygen atoms in total. The number of phosphoric acid groups is 1. The van der Waals surface area contributed by atoms with Gasteiger partial charge in [-0.2, -0.15) is 0 Å². The first-order valence-corrected chi connectivity index (χ1v) is 2.35. The Morgan fingerprint density at radius 3 is 1.12 bits per heavy atom. The van der Waals surface area contributed by atoms with Gasteiger partial charge >= 0.3 is 37.4 Å². The molecule has 0 aromatic heterocycles. The SMILES string of the molecule is O.O.O=P(O)(O)O.[H-].[Na+]. The first-order chi connectivity index (χ1) is 2.00. The van der Waals surface area contributed by atoms with E-state index >= 15 is 0 Å². The van der Waals surface area contributed by atoms with Crippen LogP contribution in [0.2, 0.25) is 0 Å². The second kappa shape index (κ2) is 8.03. The van der Waals surface area contributed by atoms with Gasteiger partial charge in [-0.05, 0) is 0 Å². The zero-order valence-electron chi connectivity index (χ0n) is 5.20. The molecule has 0 saturated heterocycles. The Hall–Kier alpha value is 1.03. The van der Waals surface area contributed by atoms with E-state index in [0.717, 1.165) is 0 Å². The van der Waals surface area contributed by atoms with Crippen LogP contribution in [-0.4, -0.2) is 25.6 Å². The molecule has 8 heteroatoms. The van der Waals surface area contributed by atoms with Gasteiger partial charge in [0.25, 0.3) is 0 Å². The smallest absolute Gasteiger partial charge is 1.00 e.